The molecule has 1 N–H and O–H groups in total. The largest absolute Gasteiger partial charge is 0.465 e. The first-order chi connectivity index (χ1) is 9.92. The molecule has 1 aliphatic carbocycles. The summed E-state index contributed by atoms with van der Waals surface area (Å²) in [4.78, 5) is 14.8. The molecule has 1 atom stereocenters. The minimum absolute atomic E-state index is 0.117. The molecule has 124 valence electrons. The van der Waals surface area contributed by atoms with E-state index in [9.17, 15) is 4.79 Å². The summed E-state index contributed by atoms with van der Waals surface area (Å²) in [5, 5.41) is 3.39. The second-order valence-electron chi connectivity index (χ2n) is 6.67. The SMILES string of the molecule is CCOC(=O)C(C)(CCCCN(CC)C1CC1)NC(C)C. The molecule has 0 bridgehead atoms. The summed E-state index contributed by atoms with van der Waals surface area (Å²) >= 11 is 0. The standard InChI is InChI=1S/C17H34N2O2/c1-6-19(15-10-11-15)13-9-8-12-17(5,18-14(3)4)16(20)21-7-2/h14-15,18H,6-13H2,1-5H3. The van der Waals surface area contributed by atoms with E-state index >= 15 is 0 Å². The fourth-order valence-electron chi connectivity index (χ4n) is 2.99. The van der Waals surface area contributed by atoms with Gasteiger partial charge in [0.05, 0.1) is 6.61 Å². The molecule has 0 radical (unpaired) electrons. The monoisotopic (exact) mass is 298 g/mol. The van der Waals surface area contributed by atoms with E-state index in [1.807, 2.05) is 13.8 Å². The summed E-state index contributed by atoms with van der Waals surface area (Å²) in [7, 11) is 0. The highest BCUT2D eigenvalue weighted by Gasteiger charge is 2.34. The molecule has 0 aromatic carbocycles. The van der Waals surface area contributed by atoms with Crippen LogP contribution in [0.4, 0.5) is 0 Å². The average molecular weight is 298 g/mol. The Hall–Kier alpha value is -0.610. The first-order valence-corrected chi connectivity index (χ1v) is 8.62. The molecule has 0 saturated heterocycles. The van der Waals surface area contributed by atoms with Gasteiger partial charge in [0.2, 0.25) is 0 Å². The van der Waals surface area contributed by atoms with Crippen LogP contribution in [0.5, 0.6) is 0 Å². The van der Waals surface area contributed by atoms with Crippen LogP contribution >= 0.6 is 0 Å². The fraction of sp³-hybridized carbons (Fsp3) is 0.941. The molecule has 0 aliphatic heterocycles. The zero-order chi connectivity index (χ0) is 15.9. The van der Waals surface area contributed by atoms with Gasteiger partial charge in [0.1, 0.15) is 5.54 Å². The first-order valence-electron chi connectivity index (χ1n) is 8.62. The third-order valence-corrected chi connectivity index (χ3v) is 4.17. The lowest BCUT2D eigenvalue weighted by Crippen LogP contribution is -2.53. The van der Waals surface area contributed by atoms with E-state index in [2.05, 4.69) is 31.0 Å². The van der Waals surface area contributed by atoms with Gasteiger partial charge in [-0.25, -0.2) is 0 Å². The number of esters is 1. The Morgan fingerprint density at radius 1 is 1.33 bits per heavy atom. The van der Waals surface area contributed by atoms with Crippen molar-refractivity contribution >= 4 is 5.97 Å². The Labute approximate surface area is 130 Å². The molecular weight excluding hydrogens is 264 g/mol. The van der Waals surface area contributed by atoms with Crippen molar-refractivity contribution in [1.82, 2.24) is 10.2 Å². The van der Waals surface area contributed by atoms with Gasteiger partial charge in [-0.05, 0) is 72.9 Å². The second kappa shape index (κ2) is 8.74. The van der Waals surface area contributed by atoms with Crippen LogP contribution in [0.15, 0.2) is 0 Å². The highest BCUT2D eigenvalue weighted by molar-refractivity contribution is 5.80. The molecule has 1 aliphatic rings. The number of carbonyl (C=O) groups is 1. The van der Waals surface area contributed by atoms with Crippen LogP contribution in [0.2, 0.25) is 0 Å². The van der Waals surface area contributed by atoms with Gasteiger partial charge in [0.15, 0.2) is 0 Å². The molecular formula is C17H34N2O2. The summed E-state index contributed by atoms with van der Waals surface area (Å²) in [5.74, 6) is -0.117. The van der Waals surface area contributed by atoms with Crippen LogP contribution in [-0.2, 0) is 9.53 Å². The first kappa shape index (κ1) is 18.4. The van der Waals surface area contributed by atoms with Gasteiger partial charge in [0.25, 0.3) is 0 Å². The highest BCUT2D eigenvalue weighted by atomic mass is 16.5. The smallest absolute Gasteiger partial charge is 0.326 e. The van der Waals surface area contributed by atoms with Crippen molar-refractivity contribution in [2.24, 2.45) is 0 Å². The van der Waals surface area contributed by atoms with Crippen LogP contribution < -0.4 is 5.32 Å². The predicted molar refractivity (Wildman–Crippen MR) is 87.4 cm³/mol. The van der Waals surface area contributed by atoms with Crippen molar-refractivity contribution in [3.63, 3.8) is 0 Å². The molecule has 0 spiro atoms. The van der Waals surface area contributed by atoms with Gasteiger partial charge < -0.3 is 9.64 Å². The van der Waals surface area contributed by atoms with Crippen LogP contribution in [-0.4, -0.2) is 48.2 Å². The fourth-order valence-corrected chi connectivity index (χ4v) is 2.99. The summed E-state index contributed by atoms with van der Waals surface area (Å²) < 4.78 is 5.24. The minimum Gasteiger partial charge on any atom is -0.465 e. The molecule has 21 heavy (non-hydrogen) atoms. The summed E-state index contributed by atoms with van der Waals surface area (Å²) in [6, 6.07) is 1.11. The number of carbonyl (C=O) groups excluding carboxylic acids is 1. The Morgan fingerprint density at radius 3 is 2.48 bits per heavy atom. The molecule has 1 fully saturated rings. The van der Waals surface area contributed by atoms with E-state index in [1.54, 1.807) is 0 Å². The number of rotatable bonds is 11. The van der Waals surface area contributed by atoms with Crippen LogP contribution in [0, 0.1) is 0 Å². The normalized spacial score (nSPS) is 18.0. The summed E-state index contributed by atoms with van der Waals surface area (Å²) in [6.45, 7) is 13.0. The quantitative estimate of drug-likeness (QED) is 0.470. The molecule has 0 amide bonds. The number of hydrogen-bond acceptors (Lipinski definition) is 4. The average Bonchev–Trinajstić information content (AvgIpc) is 3.22. The maximum Gasteiger partial charge on any atom is 0.326 e. The third kappa shape index (κ3) is 6.35. The lowest BCUT2D eigenvalue weighted by molar-refractivity contribution is -0.151. The molecule has 0 aromatic rings. The molecule has 0 aromatic heterocycles. The Balaban J connectivity index is 2.39. The lowest BCUT2D eigenvalue weighted by Gasteiger charge is -2.31. The highest BCUT2D eigenvalue weighted by Crippen LogP contribution is 2.27. The number of nitrogens with one attached hydrogen (secondary N) is 1. The van der Waals surface area contributed by atoms with Crippen molar-refractivity contribution < 1.29 is 9.53 Å². The zero-order valence-electron chi connectivity index (χ0n) is 14.6. The summed E-state index contributed by atoms with van der Waals surface area (Å²) in [5.41, 5.74) is -0.555. The maximum atomic E-state index is 12.2. The minimum atomic E-state index is -0.555. The zero-order valence-corrected chi connectivity index (χ0v) is 14.6. The third-order valence-electron chi connectivity index (χ3n) is 4.17. The van der Waals surface area contributed by atoms with E-state index in [0.717, 1.165) is 38.4 Å². The van der Waals surface area contributed by atoms with E-state index in [4.69, 9.17) is 4.74 Å². The number of hydrogen-bond donors (Lipinski definition) is 1. The van der Waals surface area contributed by atoms with E-state index in [1.165, 1.54) is 12.8 Å². The molecule has 1 unspecified atom stereocenters. The number of unbranched alkanes of at least 4 members (excludes halogenated alkanes) is 1. The van der Waals surface area contributed by atoms with Crippen LogP contribution in [0.3, 0.4) is 0 Å². The lowest BCUT2D eigenvalue weighted by atomic mass is 9.93. The molecule has 1 rings (SSSR count). The van der Waals surface area contributed by atoms with Crippen LogP contribution in [0.1, 0.15) is 66.7 Å². The Kier molecular flexibility index (Phi) is 7.67. The van der Waals surface area contributed by atoms with Gasteiger partial charge in [-0.3, -0.25) is 10.1 Å². The Bertz CT molecular complexity index is 316. The van der Waals surface area contributed by atoms with Crippen molar-refractivity contribution in [3.05, 3.63) is 0 Å². The Morgan fingerprint density at radius 2 is 2.00 bits per heavy atom. The second-order valence-corrected chi connectivity index (χ2v) is 6.67. The van der Waals surface area contributed by atoms with Gasteiger partial charge in [-0.2, -0.15) is 0 Å². The van der Waals surface area contributed by atoms with Crippen molar-refractivity contribution in [2.45, 2.75) is 84.3 Å². The van der Waals surface area contributed by atoms with Gasteiger partial charge in [-0.15, -0.1) is 0 Å². The van der Waals surface area contributed by atoms with E-state index in [-0.39, 0.29) is 12.0 Å². The molecule has 4 heteroatoms. The van der Waals surface area contributed by atoms with Crippen molar-refractivity contribution in [3.8, 4) is 0 Å². The maximum absolute atomic E-state index is 12.2. The molecule has 1 saturated carbocycles. The van der Waals surface area contributed by atoms with Gasteiger partial charge >= 0.3 is 5.97 Å². The van der Waals surface area contributed by atoms with E-state index < -0.39 is 5.54 Å². The van der Waals surface area contributed by atoms with Gasteiger partial charge in [-0.1, -0.05) is 6.92 Å². The van der Waals surface area contributed by atoms with Crippen LogP contribution in [0.25, 0.3) is 0 Å². The number of nitrogens with zero attached hydrogens (tertiary/aromatic N) is 1. The topological polar surface area (TPSA) is 41.6 Å². The molecule has 4 nitrogen and oxygen atoms in total. The van der Waals surface area contributed by atoms with E-state index in [0.29, 0.717) is 6.61 Å². The predicted octanol–water partition coefficient (Wildman–Crippen LogP) is 2.96. The van der Waals surface area contributed by atoms with Gasteiger partial charge in [0, 0.05) is 12.1 Å². The number of ether oxygens (including phenoxy) is 1. The molecule has 0 heterocycles. The van der Waals surface area contributed by atoms with Crippen molar-refractivity contribution in [1.29, 1.82) is 0 Å². The van der Waals surface area contributed by atoms with Crippen molar-refractivity contribution in [2.75, 3.05) is 19.7 Å². The summed E-state index contributed by atoms with van der Waals surface area (Å²) in [6.07, 6.45) is 5.77.